The van der Waals surface area contributed by atoms with Gasteiger partial charge in [-0.15, -0.1) is 11.3 Å². The van der Waals surface area contributed by atoms with Gasteiger partial charge >= 0.3 is 0 Å². The molecule has 1 aromatic heterocycles. The van der Waals surface area contributed by atoms with Gasteiger partial charge in [0.1, 0.15) is 5.01 Å². The van der Waals surface area contributed by atoms with Gasteiger partial charge in [-0.25, -0.2) is 4.98 Å². The summed E-state index contributed by atoms with van der Waals surface area (Å²) in [5, 5.41) is 18.1. The highest BCUT2D eigenvalue weighted by atomic mass is 32.1. The van der Waals surface area contributed by atoms with Crippen LogP contribution in [0.4, 0.5) is 0 Å². The number of hydrogen-bond donors (Lipinski definition) is 8. The van der Waals surface area contributed by atoms with Crippen LogP contribution in [0.2, 0.25) is 0 Å². The van der Waals surface area contributed by atoms with Crippen LogP contribution in [0, 0.1) is 22.7 Å². The van der Waals surface area contributed by atoms with E-state index < -0.39 is 0 Å². The molecule has 4 aromatic rings. The Balaban J connectivity index is 1.57. The van der Waals surface area contributed by atoms with E-state index in [2.05, 4.69) is 69.7 Å². The second-order valence-corrected chi connectivity index (χ2v) is 12.7. The smallest absolute Gasteiger partial charge is 0.185 e. The van der Waals surface area contributed by atoms with Crippen LogP contribution in [0.15, 0.2) is 76.0 Å². The molecule has 0 saturated carbocycles. The second-order valence-electron chi connectivity index (χ2n) is 11.8. The normalized spacial score (nSPS) is 10.5. The topological polar surface area (TPSA) is 241 Å². The van der Waals surface area contributed by atoms with E-state index in [9.17, 15) is 0 Å². The van der Waals surface area contributed by atoms with Gasteiger partial charge < -0.3 is 34.4 Å². The monoisotopic (exact) mass is 675 g/mol. The van der Waals surface area contributed by atoms with Gasteiger partial charge in [-0.1, -0.05) is 36.1 Å². The minimum Gasteiger partial charge on any atom is -0.388 e. The van der Waals surface area contributed by atoms with Crippen molar-refractivity contribution in [1.29, 1.82) is 10.8 Å². The first-order chi connectivity index (χ1) is 23.5. The summed E-state index contributed by atoms with van der Waals surface area (Å²) >= 11 is 1.59. The number of aromatic nitrogens is 1. The van der Waals surface area contributed by atoms with Crippen molar-refractivity contribution >= 4 is 34.9 Å². The quantitative estimate of drug-likeness (QED) is 0.0492. The second kappa shape index (κ2) is 18.0. The molecule has 11 nitrogen and oxygen atoms in total. The lowest BCUT2D eigenvalue weighted by molar-refractivity contribution is 0.852. The fourth-order valence-electron chi connectivity index (χ4n) is 5.33. The zero-order chi connectivity index (χ0) is 35.2. The first-order valence-corrected chi connectivity index (χ1v) is 17.0. The number of aliphatic imine (C=N–C) groups is 2. The SMILES string of the molecule is N=C(N)CCCc1cc(C#Cc2cccc(-c3nc(-c4cc(CCCC(=N)N)cc(CCN=C(N)N)c4)cs3)c2)cc(CCN=C(N)N)c1. The summed E-state index contributed by atoms with van der Waals surface area (Å²) in [6, 6.07) is 20.9. The Morgan fingerprint density at radius 1 is 0.633 bits per heavy atom. The number of benzene rings is 3. The molecule has 254 valence electrons. The average Bonchev–Trinajstić information content (AvgIpc) is 3.54. The lowest BCUT2D eigenvalue weighted by atomic mass is 9.98. The lowest BCUT2D eigenvalue weighted by Crippen LogP contribution is -2.23. The van der Waals surface area contributed by atoms with Crippen LogP contribution in [-0.2, 0) is 25.7 Å². The number of aryl methyl sites for hydroxylation is 2. The van der Waals surface area contributed by atoms with Gasteiger partial charge in [-0.2, -0.15) is 0 Å². The molecule has 0 aliphatic rings. The molecule has 4 rings (SSSR count). The molecule has 0 spiro atoms. The highest BCUT2D eigenvalue weighted by Crippen LogP contribution is 2.31. The summed E-state index contributed by atoms with van der Waals surface area (Å²) in [5.74, 6) is 7.21. The van der Waals surface area contributed by atoms with Gasteiger partial charge in [0.05, 0.1) is 17.4 Å². The van der Waals surface area contributed by atoms with Crippen molar-refractivity contribution in [3.05, 3.63) is 99.4 Å². The van der Waals surface area contributed by atoms with Crippen molar-refractivity contribution in [2.24, 2.45) is 44.4 Å². The number of thiazole rings is 1. The van der Waals surface area contributed by atoms with E-state index in [-0.39, 0.29) is 23.6 Å². The van der Waals surface area contributed by atoms with Crippen molar-refractivity contribution in [1.82, 2.24) is 4.98 Å². The third kappa shape index (κ3) is 12.5. The molecule has 0 aliphatic carbocycles. The standard InChI is InChI=1S/C37H45N11S/c38-33(39)8-2-5-25-16-27(19-28(17-25)12-14-46-36(42)43)11-10-24-4-1-7-30(20-24)35-48-32(23-49-35)31-21-26(6-3-9-34(40)41)18-29(22-31)13-15-47-37(44)45/h1,4,7,16-23H,2-3,5-6,8-9,12-15H2,(H3,38,39)(H3,40,41)(H4,42,43,46)(H4,44,45,47). The number of amidine groups is 2. The van der Waals surface area contributed by atoms with Crippen molar-refractivity contribution in [2.75, 3.05) is 13.1 Å². The molecule has 0 saturated heterocycles. The Morgan fingerprint density at radius 3 is 1.73 bits per heavy atom. The van der Waals surface area contributed by atoms with Crippen LogP contribution in [0.5, 0.6) is 0 Å². The predicted molar refractivity (Wildman–Crippen MR) is 204 cm³/mol. The van der Waals surface area contributed by atoms with E-state index in [1.54, 1.807) is 11.3 Å². The third-order valence-corrected chi connectivity index (χ3v) is 8.47. The van der Waals surface area contributed by atoms with Gasteiger partial charge in [0.2, 0.25) is 0 Å². The number of nitrogens with two attached hydrogens (primary N) is 6. The minimum absolute atomic E-state index is 0.0730. The molecule has 49 heavy (non-hydrogen) atoms. The zero-order valence-corrected chi connectivity index (χ0v) is 28.5. The largest absolute Gasteiger partial charge is 0.388 e. The van der Waals surface area contributed by atoms with Crippen molar-refractivity contribution in [3.63, 3.8) is 0 Å². The van der Waals surface area contributed by atoms with E-state index in [0.29, 0.717) is 38.8 Å². The van der Waals surface area contributed by atoms with Gasteiger partial charge in [-0.3, -0.25) is 20.8 Å². The zero-order valence-electron chi connectivity index (χ0n) is 27.6. The van der Waals surface area contributed by atoms with Crippen LogP contribution in [-0.4, -0.2) is 41.7 Å². The predicted octanol–water partition coefficient (Wildman–Crippen LogP) is 4.03. The molecule has 0 fully saturated rings. The summed E-state index contributed by atoms with van der Waals surface area (Å²) in [4.78, 5) is 13.3. The molecule has 0 amide bonds. The molecule has 1 heterocycles. The molecule has 0 unspecified atom stereocenters. The average molecular weight is 676 g/mol. The molecule has 0 aliphatic heterocycles. The summed E-state index contributed by atoms with van der Waals surface area (Å²) in [6.07, 6.45) is 5.69. The number of nitrogens with one attached hydrogen (secondary N) is 2. The summed E-state index contributed by atoms with van der Waals surface area (Å²) in [6.45, 7) is 0.992. The molecule has 12 heteroatoms. The lowest BCUT2D eigenvalue weighted by Gasteiger charge is -2.09. The molecule has 3 aromatic carbocycles. The van der Waals surface area contributed by atoms with Crippen molar-refractivity contribution in [2.45, 2.75) is 51.4 Å². The van der Waals surface area contributed by atoms with E-state index in [1.807, 2.05) is 18.2 Å². The fourth-order valence-corrected chi connectivity index (χ4v) is 6.16. The summed E-state index contributed by atoms with van der Waals surface area (Å²) < 4.78 is 0. The molecule has 0 bridgehead atoms. The highest BCUT2D eigenvalue weighted by molar-refractivity contribution is 7.13. The van der Waals surface area contributed by atoms with Gasteiger partial charge in [0.15, 0.2) is 11.9 Å². The molecule has 0 radical (unpaired) electrons. The third-order valence-electron chi connectivity index (χ3n) is 7.58. The van der Waals surface area contributed by atoms with E-state index in [4.69, 9.17) is 50.2 Å². The van der Waals surface area contributed by atoms with Crippen molar-refractivity contribution in [3.8, 4) is 33.7 Å². The summed E-state index contributed by atoms with van der Waals surface area (Å²) in [5.41, 5.74) is 42.5. The number of hydrogen-bond acceptors (Lipinski definition) is 6. The number of guanidine groups is 2. The Morgan fingerprint density at radius 2 is 1.16 bits per heavy atom. The Kier molecular flexibility index (Phi) is 13.3. The minimum atomic E-state index is 0.0730. The van der Waals surface area contributed by atoms with Gasteiger partial charge in [0.25, 0.3) is 0 Å². The number of nitrogens with zero attached hydrogens (tertiary/aromatic N) is 3. The molecule has 14 N–H and O–H groups in total. The number of rotatable bonds is 16. The van der Waals surface area contributed by atoms with Crippen molar-refractivity contribution < 1.29 is 0 Å². The maximum atomic E-state index is 7.57. The van der Waals surface area contributed by atoms with E-state index >= 15 is 0 Å². The molecule has 0 atom stereocenters. The van der Waals surface area contributed by atoms with Gasteiger partial charge in [-0.05, 0) is 97.2 Å². The van der Waals surface area contributed by atoms with Crippen LogP contribution in [0.25, 0.3) is 21.8 Å². The maximum absolute atomic E-state index is 7.57. The highest BCUT2D eigenvalue weighted by Gasteiger charge is 2.11. The van der Waals surface area contributed by atoms with E-state index in [0.717, 1.165) is 80.9 Å². The first kappa shape index (κ1) is 36.2. The Labute approximate surface area is 292 Å². The van der Waals surface area contributed by atoms with Gasteiger partial charge in [0, 0.05) is 53.6 Å². The summed E-state index contributed by atoms with van der Waals surface area (Å²) in [7, 11) is 0. The van der Waals surface area contributed by atoms with Crippen LogP contribution in [0.1, 0.15) is 59.1 Å². The van der Waals surface area contributed by atoms with Crippen LogP contribution >= 0.6 is 11.3 Å². The maximum Gasteiger partial charge on any atom is 0.185 e. The molecular formula is C37H45N11S. The Hall–Kier alpha value is -5.67. The fraction of sp³-hybridized carbons (Fsp3) is 0.270. The van der Waals surface area contributed by atoms with Crippen LogP contribution < -0.4 is 34.4 Å². The Bertz CT molecular complexity index is 1890. The van der Waals surface area contributed by atoms with E-state index in [1.165, 1.54) is 0 Å². The molecular weight excluding hydrogens is 631 g/mol. The van der Waals surface area contributed by atoms with Crippen LogP contribution in [0.3, 0.4) is 0 Å². The first-order valence-electron chi connectivity index (χ1n) is 16.1.